The van der Waals surface area contributed by atoms with Crippen molar-refractivity contribution < 1.29 is 33.3 Å². The van der Waals surface area contributed by atoms with Crippen LogP contribution in [-0.4, -0.2) is 54.6 Å². The molecule has 2 rings (SSSR count). The van der Waals surface area contributed by atoms with Gasteiger partial charge in [-0.15, -0.1) is 0 Å². The van der Waals surface area contributed by atoms with Crippen molar-refractivity contribution in [1.29, 1.82) is 0 Å². The summed E-state index contributed by atoms with van der Waals surface area (Å²) in [5.41, 5.74) is -1.64. The largest absolute Gasteiger partial charge is 0.456 e. The molecule has 0 saturated carbocycles. The first-order valence-corrected chi connectivity index (χ1v) is 9.74. The molecule has 1 saturated heterocycles. The number of carbonyl (C=O) groups is 3. The van der Waals surface area contributed by atoms with Crippen LogP contribution in [0.15, 0.2) is 30.3 Å². The van der Waals surface area contributed by atoms with E-state index < -0.39 is 35.2 Å². The number of halogens is 1. The number of ether oxygens (including phenoxy) is 4. The number of alkyl carbamates (subject to hydrolysis) is 1. The van der Waals surface area contributed by atoms with Gasteiger partial charge in [0, 0.05) is 12.8 Å². The van der Waals surface area contributed by atoms with Crippen LogP contribution in [0.2, 0.25) is 0 Å². The molecule has 1 fully saturated rings. The highest BCUT2D eigenvalue weighted by molar-refractivity contribution is 6.29. The van der Waals surface area contributed by atoms with E-state index >= 15 is 0 Å². The maximum absolute atomic E-state index is 12.6. The number of hydrogen-bond donors (Lipinski definition) is 1. The fourth-order valence-electron chi connectivity index (χ4n) is 2.56. The van der Waals surface area contributed by atoms with Crippen LogP contribution >= 0.6 is 11.6 Å². The van der Waals surface area contributed by atoms with Gasteiger partial charge >= 0.3 is 18.0 Å². The molecule has 1 aliphatic heterocycles. The minimum absolute atomic E-state index is 0.133. The maximum atomic E-state index is 12.6. The van der Waals surface area contributed by atoms with Gasteiger partial charge in [-0.3, -0.25) is 0 Å². The molecule has 3 atom stereocenters. The summed E-state index contributed by atoms with van der Waals surface area (Å²) in [7, 11) is 0. The van der Waals surface area contributed by atoms with Gasteiger partial charge in [0.05, 0.1) is 13.2 Å². The van der Waals surface area contributed by atoms with Gasteiger partial charge in [0.2, 0.25) is 0 Å². The number of esters is 2. The number of hydrogen-bond acceptors (Lipinski definition) is 7. The first-order chi connectivity index (χ1) is 13.6. The molecule has 29 heavy (non-hydrogen) atoms. The van der Waals surface area contributed by atoms with Crippen molar-refractivity contribution in [2.24, 2.45) is 0 Å². The molecular weight excluding hydrogens is 402 g/mol. The molecule has 1 heterocycles. The van der Waals surface area contributed by atoms with Crippen molar-refractivity contribution in [2.45, 2.75) is 56.9 Å². The van der Waals surface area contributed by atoms with Crippen LogP contribution in [0.5, 0.6) is 0 Å². The first-order valence-electron chi connectivity index (χ1n) is 9.30. The number of amides is 1. The second-order valence-corrected chi connectivity index (χ2v) is 7.96. The lowest BCUT2D eigenvalue weighted by atomic mass is 10.1. The van der Waals surface area contributed by atoms with E-state index in [9.17, 15) is 14.4 Å². The van der Waals surface area contributed by atoms with Gasteiger partial charge in [0.25, 0.3) is 5.56 Å². The first kappa shape index (κ1) is 23.0. The van der Waals surface area contributed by atoms with Crippen molar-refractivity contribution in [1.82, 2.24) is 5.32 Å². The van der Waals surface area contributed by atoms with Crippen LogP contribution in [0, 0.1) is 0 Å². The van der Waals surface area contributed by atoms with E-state index in [1.54, 1.807) is 45.0 Å². The number of carbonyl (C=O) groups excluding carboxylic acids is 3. The molecular formula is C20H26ClNO7. The SMILES string of the molecule is CC(C)(C)OC(=O)C(Cl)OC(=O)[C@H](Cc1ccccc1)NC(=O)O[C@H]1CCOC1. The van der Waals surface area contributed by atoms with Crippen LogP contribution < -0.4 is 5.32 Å². The van der Waals surface area contributed by atoms with Crippen LogP contribution in [0.4, 0.5) is 4.79 Å². The van der Waals surface area contributed by atoms with Crippen molar-refractivity contribution in [3.8, 4) is 0 Å². The standard InChI is InChI=1S/C20H26ClNO7/c1-20(2,3)29-18(24)16(21)28-17(23)15(11-13-7-5-4-6-8-13)22-19(25)27-14-9-10-26-12-14/h4-8,14-16H,9-12H2,1-3H3,(H,22,25)/t14-,15-,16?/m0/s1. The Hall–Kier alpha value is -2.32. The Morgan fingerprint density at radius 3 is 2.48 bits per heavy atom. The van der Waals surface area contributed by atoms with E-state index in [0.29, 0.717) is 19.6 Å². The lowest BCUT2D eigenvalue weighted by Crippen LogP contribution is -2.46. The number of rotatable bonds is 7. The summed E-state index contributed by atoms with van der Waals surface area (Å²) in [5, 5.41) is 2.48. The van der Waals surface area contributed by atoms with Crippen LogP contribution in [-0.2, 0) is 35.0 Å². The van der Waals surface area contributed by atoms with Crippen molar-refractivity contribution in [3.05, 3.63) is 35.9 Å². The second-order valence-electron chi connectivity index (χ2n) is 7.56. The van der Waals surface area contributed by atoms with Gasteiger partial charge in [-0.2, -0.15) is 0 Å². The summed E-state index contributed by atoms with van der Waals surface area (Å²) in [4.78, 5) is 36.8. The van der Waals surface area contributed by atoms with Crippen LogP contribution in [0.1, 0.15) is 32.8 Å². The summed E-state index contributed by atoms with van der Waals surface area (Å²) >= 11 is 5.88. The molecule has 1 amide bonds. The normalized spacial score (nSPS) is 18.4. The van der Waals surface area contributed by atoms with E-state index in [-0.39, 0.29) is 12.5 Å². The van der Waals surface area contributed by atoms with Gasteiger partial charge < -0.3 is 24.3 Å². The topological polar surface area (TPSA) is 100 Å². The third kappa shape index (κ3) is 8.29. The van der Waals surface area contributed by atoms with Crippen molar-refractivity contribution >= 4 is 29.6 Å². The van der Waals surface area contributed by atoms with Gasteiger partial charge in [-0.05, 0) is 26.3 Å². The maximum Gasteiger partial charge on any atom is 0.408 e. The molecule has 0 spiro atoms. The fraction of sp³-hybridized carbons (Fsp3) is 0.550. The highest BCUT2D eigenvalue weighted by Gasteiger charge is 2.31. The Morgan fingerprint density at radius 1 is 1.21 bits per heavy atom. The van der Waals surface area contributed by atoms with Gasteiger partial charge in [-0.1, -0.05) is 41.9 Å². The summed E-state index contributed by atoms with van der Waals surface area (Å²) < 4.78 is 20.5. The van der Waals surface area contributed by atoms with E-state index in [1.165, 1.54) is 0 Å². The number of alkyl halides is 1. The monoisotopic (exact) mass is 427 g/mol. The van der Waals surface area contributed by atoms with E-state index in [4.69, 9.17) is 30.5 Å². The smallest absolute Gasteiger partial charge is 0.408 e. The lowest BCUT2D eigenvalue weighted by molar-refractivity contribution is -0.170. The van der Waals surface area contributed by atoms with Crippen LogP contribution in [0.3, 0.4) is 0 Å². The highest BCUT2D eigenvalue weighted by atomic mass is 35.5. The summed E-state index contributed by atoms with van der Waals surface area (Å²) in [6, 6.07) is 7.92. The number of benzene rings is 1. The zero-order valence-corrected chi connectivity index (χ0v) is 17.4. The quantitative estimate of drug-likeness (QED) is 0.405. The van der Waals surface area contributed by atoms with E-state index in [1.807, 2.05) is 6.07 Å². The summed E-state index contributed by atoms with van der Waals surface area (Å²) in [6.45, 7) is 5.82. The van der Waals surface area contributed by atoms with Crippen LogP contribution in [0.25, 0.3) is 0 Å². The summed E-state index contributed by atoms with van der Waals surface area (Å²) in [6.07, 6.45) is -0.426. The lowest BCUT2D eigenvalue weighted by Gasteiger charge is -2.23. The Labute approximate surface area is 174 Å². The Balaban J connectivity index is 2.01. The zero-order chi connectivity index (χ0) is 21.4. The molecule has 8 nitrogen and oxygen atoms in total. The predicted octanol–water partition coefficient (Wildman–Crippen LogP) is 2.56. The van der Waals surface area contributed by atoms with E-state index in [0.717, 1.165) is 5.56 Å². The average molecular weight is 428 g/mol. The molecule has 0 aromatic heterocycles. The molecule has 1 N–H and O–H groups in total. The third-order valence-electron chi connectivity index (χ3n) is 3.83. The Morgan fingerprint density at radius 2 is 1.90 bits per heavy atom. The molecule has 1 unspecified atom stereocenters. The highest BCUT2D eigenvalue weighted by Crippen LogP contribution is 2.14. The molecule has 1 aromatic rings. The predicted molar refractivity (Wildman–Crippen MR) is 104 cm³/mol. The Kier molecular flexibility index (Phi) is 8.28. The average Bonchev–Trinajstić information content (AvgIpc) is 3.13. The third-order valence-corrected chi connectivity index (χ3v) is 4.10. The summed E-state index contributed by atoms with van der Waals surface area (Å²) in [5.74, 6) is -1.77. The van der Waals surface area contributed by atoms with E-state index in [2.05, 4.69) is 5.32 Å². The minimum Gasteiger partial charge on any atom is -0.456 e. The van der Waals surface area contributed by atoms with Gasteiger partial charge in [0.15, 0.2) is 0 Å². The minimum atomic E-state index is -1.64. The fourth-order valence-corrected chi connectivity index (χ4v) is 2.69. The number of nitrogens with one attached hydrogen (secondary N) is 1. The Bertz CT molecular complexity index is 699. The van der Waals surface area contributed by atoms with Gasteiger partial charge in [0.1, 0.15) is 17.7 Å². The molecule has 1 aliphatic rings. The molecule has 0 bridgehead atoms. The molecule has 160 valence electrons. The molecule has 9 heteroatoms. The molecule has 1 aromatic carbocycles. The second kappa shape index (κ2) is 10.5. The molecule has 0 radical (unpaired) electrons. The van der Waals surface area contributed by atoms with Crippen molar-refractivity contribution in [3.63, 3.8) is 0 Å². The van der Waals surface area contributed by atoms with Crippen molar-refractivity contribution in [2.75, 3.05) is 13.2 Å². The van der Waals surface area contributed by atoms with Gasteiger partial charge in [-0.25, -0.2) is 14.4 Å². The molecule has 0 aliphatic carbocycles. The zero-order valence-electron chi connectivity index (χ0n) is 16.7.